The Hall–Kier alpha value is -4.55. The molecule has 3 aliphatic rings. The van der Waals surface area contributed by atoms with E-state index in [-0.39, 0.29) is 22.4 Å². The normalized spacial score (nSPS) is 26.6. The lowest BCUT2D eigenvalue weighted by Crippen LogP contribution is -2.75. The van der Waals surface area contributed by atoms with Crippen molar-refractivity contribution in [1.82, 2.24) is 10.3 Å². The summed E-state index contributed by atoms with van der Waals surface area (Å²) in [4.78, 5) is 61.2. The smallest absolute Gasteiger partial charge is 0.587 e. The fourth-order valence-corrected chi connectivity index (χ4v) is 7.81. The molecule has 4 heterocycles. The number of anilines is 1. The number of rotatable bonds is 11. The first-order valence-corrected chi connectivity index (χ1v) is 16.2. The third-order valence-electron chi connectivity index (χ3n) is 10.1. The quantitative estimate of drug-likeness (QED) is 0.303. The van der Waals surface area contributed by atoms with Crippen LogP contribution >= 0.6 is 0 Å². The van der Waals surface area contributed by atoms with Crippen molar-refractivity contribution in [2.45, 2.75) is 63.7 Å². The summed E-state index contributed by atoms with van der Waals surface area (Å²) in [7, 11) is 1.84. The average molecular weight is 641 g/mol. The van der Waals surface area contributed by atoms with Crippen molar-refractivity contribution >= 4 is 36.0 Å². The number of aliphatic hydroxyl groups excluding tert-OH is 1. The highest BCUT2D eigenvalue weighted by Crippen LogP contribution is 2.53. The zero-order valence-corrected chi connectivity index (χ0v) is 27.1. The van der Waals surface area contributed by atoms with E-state index in [1.807, 2.05) is 86.5 Å². The van der Waals surface area contributed by atoms with Crippen LogP contribution in [0.5, 0.6) is 0 Å². The molecule has 0 saturated carbocycles. The number of ketones is 1. The van der Waals surface area contributed by atoms with Gasteiger partial charge < -0.3 is 29.0 Å². The van der Waals surface area contributed by atoms with E-state index in [1.54, 1.807) is 18.2 Å². The predicted octanol–water partition coefficient (Wildman–Crippen LogP) is 3.36. The molecule has 2 aromatic carbocycles. The van der Waals surface area contributed by atoms with Crippen molar-refractivity contribution in [2.75, 3.05) is 25.0 Å². The highest BCUT2D eigenvalue weighted by atomic mass is 16.7. The van der Waals surface area contributed by atoms with Crippen LogP contribution in [-0.4, -0.2) is 89.2 Å². The maximum Gasteiger partial charge on any atom is 0.587 e. The molecule has 5 atom stereocenters. The van der Waals surface area contributed by atoms with Gasteiger partial charge >= 0.3 is 18.6 Å². The van der Waals surface area contributed by atoms with Gasteiger partial charge in [-0.2, -0.15) is 0 Å². The Morgan fingerprint density at radius 1 is 0.936 bits per heavy atom. The largest absolute Gasteiger partial charge is 0.600 e. The van der Waals surface area contributed by atoms with Crippen LogP contribution in [0.2, 0.25) is 5.82 Å². The van der Waals surface area contributed by atoms with Crippen LogP contribution < -0.4 is 10.2 Å². The molecule has 2 N–H and O–H groups in total. The number of amides is 1. The van der Waals surface area contributed by atoms with Crippen LogP contribution in [0.4, 0.5) is 5.69 Å². The zero-order chi connectivity index (χ0) is 33.5. The molecule has 3 fully saturated rings. The second-order valence-electron chi connectivity index (χ2n) is 13.6. The first-order valence-electron chi connectivity index (χ1n) is 16.2. The summed E-state index contributed by atoms with van der Waals surface area (Å²) in [5, 5.41) is 13.4. The van der Waals surface area contributed by atoms with E-state index < -0.39 is 60.4 Å². The third-order valence-corrected chi connectivity index (χ3v) is 10.1. The number of hydrogen-bond acceptors (Lipinski definition) is 9. The van der Waals surface area contributed by atoms with Gasteiger partial charge in [0.25, 0.3) is 5.91 Å². The maximum atomic E-state index is 14.0. The third kappa shape index (κ3) is 5.69. The molecule has 0 unspecified atom stereocenters. The summed E-state index contributed by atoms with van der Waals surface area (Å²) in [5.41, 5.74) is 2.42. The van der Waals surface area contributed by atoms with Crippen LogP contribution in [0.25, 0.3) is 11.3 Å². The number of carbonyl (C=O) groups is 4. The number of benzene rings is 2. The highest BCUT2D eigenvalue weighted by Gasteiger charge is 2.77. The van der Waals surface area contributed by atoms with Gasteiger partial charge in [0.05, 0.1) is 24.9 Å². The lowest BCUT2D eigenvalue weighted by Gasteiger charge is -2.54. The van der Waals surface area contributed by atoms with Crippen molar-refractivity contribution in [3.05, 3.63) is 84.6 Å². The molecule has 12 heteroatoms. The molecule has 1 amide bonds. The monoisotopic (exact) mass is 640 g/mol. The number of likely N-dealkylation sites (N-methyl/N-ethyl adjacent to an activating group) is 1. The van der Waals surface area contributed by atoms with Crippen LogP contribution in [0.3, 0.4) is 0 Å². The number of hydrogen-bond donors (Lipinski definition) is 2. The van der Waals surface area contributed by atoms with Gasteiger partial charge in [-0.15, -0.1) is 0 Å². The first-order chi connectivity index (χ1) is 22.4. The number of carbonyl (C=O) groups excluding carboxylic acids is 4. The van der Waals surface area contributed by atoms with E-state index in [1.165, 1.54) is 6.92 Å². The van der Waals surface area contributed by atoms with Crippen LogP contribution in [0.1, 0.15) is 44.1 Å². The molecule has 3 aromatic rings. The molecule has 47 heavy (non-hydrogen) atoms. The first kappa shape index (κ1) is 32.4. The molecule has 3 saturated heterocycles. The maximum absolute atomic E-state index is 14.0. The van der Waals surface area contributed by atoms with Crippen molar-refractivity contribution < 1.29 is 38.0 Å². The Morgan fingerprint density at radius 2 is 1.53 bits per heavy atom. The Kier molecular flexibility index (Phi) is 8.67. The van der Waals surface area contributed by atoms with Gasteiger partial charge in [-0.25, -0.2) is 14.6 Å². The Bertz CT molecular complexity index is 1640. The second kappa shape index (κ2) is 12.6. The van der Waals surface area contributed by atoms with Crippen molar-refractivity contribution in [3.63, 3.8) is 0 Å². The Balaban J connectivity index is 1.26. The number of para-hydroxylation sites is 1. The van der Waals surface area contributed by atoms with E-state index in [2.05, 4.69) is 10.3 Å². The van der Waals surface area contributed by atoms with E-state index in [0.717, 1.165) is 11.3 Å². The highest BCUT2D eigenvalue weighted by molar-refractivity contribution is 6.68. The predicted molar refractivity (Wildman–Crippen MR) is 176 cm³/mol. The Morgan fingerprint density at radius 3 is 2.11 bits per heavy atom. The lowest BCUT2D eigenvalue weighted by molar-refractivity contribution is -0.845. The number of nitrogens with zero attached hydrogens (tertiary/aromatic N) is 3. The molecular weight excluding hydrogens is 599 g/mol. The number of nitrogens with one attached hydrogen (secondary N) is 1. The van der Waals surface area contributed by atoms with Crippen LogP contribution in [0, 0.1) is 5.92 Å². The SMILES string of the molecule is CC(C)C[C@H](CC(=O)[C@@H](NC(=O)c1cccc(-c2ccccc2)n1)[C@@H](C)O)[B-]12OC(=O)[C@H]3CN(c4ccccc4)C[C@H](C(=O)O1)[N+]32C. The number of aromatic nitrogens is 1. The van der Waals surface area contributed by atoms with Crippen molar-refractivity contribution in [2.24, 2.45) is 5.92 Å². The van der Waals surface area contributed by atoms with Gasteiger partial charge in [0.1, 0.15) is 11.7 Å². The number of piperazine rings is 1. The molecular formula is C35H41BN4O7. The zero-order valence-electron chi connectivity index (χ0n) is 27.1. The minimum absolute atomic E-state index is 0.0480. The number of quaternary nitrogens is 1. The summed E-state index contributed by atoms with van der Waals surface area (Å²) in [5.74, 6) is -2.60. The molecule has 0 radical (unpaired) electrons. The standard InChI is InChI=1S/C35H41BN4O7/c1-22(2)18-25(19-31(42)32(23(3)41)38-33(43)28-17-11-16-27(37-28)24-12-7-5-8-13-24)36-40(4)29(34(44)46-36)20-39(21-30(40)35(45)47-36)26-14-9-6-10-15-26/h5-17,22-23,25,29-30,32,41H,18-21H2,1-4H3,(H,38,43)/t23-,25-,29-,30-,32+,36?,40?/m1/s1. The lowest BCUT2D eigenvalue weighted by atomic mass is 9.51. The topological polar surface area (TPSA) is 135 Å². The van der Waals surface area contributed by atoms with E-state index >= 15 is 0 Å². The van der Waals surface area contributed by atoms with Gasteiger partial charge in [0, 0.05) is 18.3 Å². The molecule has 0 spiro atoms. The van der Waals surface area contributed by atoms with Gasteiger partial charge in [-0.1, -0.05) is 74.9 Å². The second-order valence-corrected chi connectivity index (χ2v) is 13.6. The minimum atomic E-state index is -2.64. The van der Waals surface area contributed by atoms with E-state index in [0.29, 0.717) is 25.2 Å². The number of Topliss-reactive ketones (excluding diaryl/α,β-unsaturated/α-hetero) is 1. The summed E-state index contributed by atoms with van der Waals surface area (Å²) >= 11 is 0. The summed E-state index contributed by atoms with van der Waals surface area (Å²) < 4.78 is 12.3. The summed E-state index contributed by atoms with van der Waals surface area (Å²) in [6.07, 6.45) is -0.990. The molecule has 11 nitrogen and oxygen atoms in total. The van der Waals surface area contributed by atoms with E-state index in [4.69, 9.17) is 9.31 Å². The van der Waals surface area contributed by atoms with Crippen LogP contribution in [-0.2, 0) is 23.7 Å². The van der Waals surface area contributed by atoms with E-state index in [9.17, 15) is 24.3 Å². The van der Waals surface area contributed by atoms with Gasteiger partial charge in [-0.3, -0.25) is 9.59 Å². The molecule has 246 valence electrons. The minimum Gasteiger partial charge on any atom is -0.600 e. The molecule has 3 aliphatic heterocycles. The van der Waals surface area contributed by atoms with Gasteiger partial charge in [0.15, 0.2) is 17.9 Å². The van der Waals surface area contributed by atoms with Crippen molar-refractivity contribution in [3.8, 4) is 11.3 Å². The summed E-state index contributed by atoms with van der Waals surface area (Å²) in [6.45, 7) is 3.43. The molecule has 0 aliphatic carbocycles. The molecule has 1 aromatic heterocycles. The summed E-state index contributed by atoms with van der Waals surface area (Å²) in [6, 6.07) is 21.4. The fraction of sp³-hybridized carbons (Fsp3) is 0.400. The molecule has 0 bridgehead atoms. The average Bonchev–Trinajstić information content (AvgIpc) is 3.42. The number of aliphatic hydroxyl groups is 1. The number of pyridine rings is 1. The van der Waals surface area contributed by atoms with Crippen molar-refractivity contribution in [1.29, 1.82) is 0 Å². The Labute approximate surface area is 274 Å². The fourth-order valence-electron chi connectivity index (χ4n) is 7.81. The van der Waals surface area contributed by atoms with Crippen LogP contribution in [0.15, 0.2) is 78.9 Å². The van der Waals surface area contributed by atoms with Gasteiger partial charge in [-0.05, 0) is 49.3 Å². The molecule has 6 rings (SSSR count). The van der Waals surface area contributed by atoms with Gasteiger partial charge in [0.2, 0.25) is 0 Å².